The second kappa shape index (κ2) is 7.30. The first-order valence-corrected chi connectivity index (χ1v) is 8.31. The average molecular weight is 280 g/mol. The fraction of sp³-hybridized carbons (Fsp3) is 0.938. The molecule has 0 saturated carbocycles. The third-order valence-corrected chi connectivity index (χ3v) is 4.49. The zero-order chi connectivity index (χ0) is 14.5. The van der Waals surface area contributed by atoms with Gasteiger partial charge in [0, 0.05) is 32.7 Å². The third kappa shape index (κ3) is 4.65. The van der Waals surface area contributed by atoms with E-state index in [-0.39, 0.29) is 0 Å². The van der Waals surface area contributed by atoms with Gasteiger partial charge in [-0.15, -0.1) is 0 Å². The summed E-state index contributed by atoms with van der Waals surface area (Å²) in [6.07, 6.45) is 3.86. The van der Waals surface area contributed by atoms with Crippen LogP contribution in [-0.4, -0.2) is 55.0 Å². The van der Waals surface area contributed by atoms with Crippen molar-refractivity contribution in [2.45, 2.75) is 40.0 Å². The maximum absolute atomic E-state index is 6.17. The second-order valence-electron chi connectivity index (χ2n) is 7.20. The smallest absolute Gasteiger partial charge is 0.191 e. The lowest BCUT2D eigenvalue weighted by atomic mass is 10.0. The van der Waals surface area contributed by atoms with E-state index in [1.807, 2.05) is 0 Å². The topological polar surface area (TPSA) is 44.9 Å². The summed E-state index contributed by atoms with van der Waals surface area (Å²) in [6.45, 7) is 13.6. The molecule has 2 N–H and O–H groups in total. The lowest BCUT2D eigenvalue weighted by molar-refractivity contribution is 0.269. The normalized spacial score (nSPS) is 29.4. The zero-order valence-electron chi connectivity index (χ0n) is 13.5. The van der Waals surface area contributed by atoms with Crippen LogP contribution in [0.1, 0.15) is 40.0 Å². The molecule has 2 saturated heterocycles. The van der Waals surface area contributed by atoms with Gasteiger partial charge in [0.25, 0.3) is 0 Å². The van der Waals surface area contributed by atoms with Gasteiger partial charge in [-0.05, 0) is 43.6 Å². The molecule has 0 radical (unpaired) electrons. The molecule has 0 aliphatic carbocycles. The van der Waals surface area contributed by atoms with E-state index in [1.54, 1.807) is 0 Å². The van der Waals surface area contributed by atoms with E-state index < -0.39 is 0 Å². The minimum atomic E-state index is 0.703. The third-order valence-electron chi connectivity index (χ3n) is 4.49. The van der Waals surface area contributed by atoms with Gasteiger partial charge in [0.2, 0.25) is 0 Å². The number of rotatable bonds is 4. The number of guanidine groups is 1. The quantitative estimate of drug-likeness (QED) is 0.633. The lowest BCUT2D eigenvalue weighted by Crippen LogP contribution is -2.43. The molecule has 2 rings (SSSR count). The molecule has 2 fully saturated rings. The Morgan fingerprint density at radius 3 is 2.75 bits per heavy atom. The fourth-order valence-corrected chi connectivity index (χ4v) is 3.46. The lowest BCUT2D eigenvalue weighted by Gasteiger charge is -2.31. The molecule has 0 aromatic carbocycles. The first-order chi connectivity index (χ1) is 9.54. The maximum Gasteiger partial charge on any atom is 0.191 e. The van der Waals surface area contributed by atoms with Crippen LogP contribution in [0.5, 0.6) is 0 Å². The number of piperidine rings is 1. The minimum Gasteiger partial charge on any atom is -0.370 e. The van der Waals surface area contributed by atoms with Crippen molar-refractivity contribution in [3.05, 3.63) is 0 Å². The minimum absolute atomic E-state index is 0.703. The Morgan fingerprint density at radius 1 is 1.25 bits per heavy atom. The van der Waals surface area contributed by atoms with Crippen LogP contribution >= 0.6 is 0 Å². The van der Waals surface area contributed by atoms with Crippen molar-refractivity contribution in [3.8, 4) is 0 Å². The summed E-state index contributed by atoms with van der Waals surface area (Å²) in [5.41, 5.74) is 6.17. The van der Waals surface area contributed by atoms with Crippen LogP contribution < -0.4 is 5.73 Å². The molecular weight excluding hydrogens is 248 g/mol. The Bertz CT molecular complexity index is 326. The largest absolute Gasteiger partial charge is 0.370 e. The molecule has 4 nitrogen and oxygen atoms in total. The summed E-state index contributed by atoms with van der Waals surface area (Å²) in [7, 11) is 0. The van der Waals surface area contributed by atoms with E-state index in [0.29, 0.717) is 5.92 Å². The van der Waals surface area contributed by atoms with Gasteiger partial charge in [-0.1, -0.05) is 20.8 Å². The van der Waals surface area contributed by atoms with Gasteiger partial charge >= 0.3 is 0 Å². The molecule has 2 unspecified atom stereocenters. The molecule has 2 heterocycles. The Kier molecular flexibility index (Phi) is 5.70. The summed E-state index contributed by atoms with van der Waals surface area (Å²) < 4.78 is 0. The number of nitrogens with zero attached hydrogens (tertiary/aromatic N) is 3. The average Bonchev–Trinajstić information content (AvgIpc) is 2.82. The number of aliphatic imine (C=N–C) groups is 1. The molecule has 2 aliphatic rings. The van der Waals surface area contributed by atoms with Gasteiger partial charge in [0.1, 0.15) is 0 Å². The van der Waals surface area contributed by atoms with E-state index in [2.05, 4.69) is 35.6 Å². The first kappa shape index (κ1) is 15.6. The first-order valence-electron chi connectivity index (χ1n) is 8.31. The number of hydrogen-bond donors (Lipinski definition) is 1. The Hall–Kier alpha value is -0.770. The summed E-state index contributed by atoms with van der Waals surface area (Å²) in [5.74, 6) is 3.00. The number of likely N-dealkylation sites (tertiary alicyclic amines) is 2. The highest BCUT2D eigenvalue weighted by Crippen LogP contribution is 2.18. The molecule has 2 aliphatic heterocycles. The van der Waals surface area contributed by atoms with Crippen molar-refractivity contribution in [2.75, 3.05) is 39.3 Å². The van der Waals surface area contributed by atoms with Gasteiger partial charge in [0.15, 0.2) is 5.96 Å². The molecule has 0 spiro atoms. The highest BCUT2D eigenvalue weighted by atomic mass is 15.3. The van der Waals surface area contributed by atoms with Gasteiger partial charge in [-0.25, -0.2) is 0 Å². The van der Waals surface area contributed by atoms with Crippen molar-refractivity contribution in [1.82, 2.24) is 9.80 Å². The van der Waals surface area contributed by atoms with Crippen molar-refractivity contribution >= 4 is 5.96 Å². The van der Waals surface area contributed by atoms with Crippen molar-refractivity contribution in [1.29, 1.82) is 0 Å². The van der Waals surface area contributed by atoms with Crippen LogP contribution in [0.4, 0.5) is 0 Å². The van der Waals surface area contributed by atoms with Crippen molar-refractivity contribution in [3.63, 3.8) is 0 Å². The van der Waals surface area contributed by atoms with E-state index in [0.717, 1.165) is 37.4 Å². The van der Waals surface area contributed by atoms with Crippen molar-refractivity contribution in [2.24, 2.45) is 28.5 Å². The van der Waals surface area contributed by atoms with E-state index in [9.17, 15) is 0 Å². The maximum atomic E-state index is 6.17. The molecule has 0 aromatic heterocycles. The Labute approximate surface area is 124 Å². The zero-order valence-corrected chi connectivity index (χ0v) is 13.5. The van der Waals surface area contributed by atoms with Crippen molar-refractivity contribution < 1.29 is 0 Å². The molecule has 20 heavy (non-hydrogen) atoms. The summed E-state index contributed by atoms with van der Waals surface area (Å²) in [6, 6.07) is 0. The molecule has 2 atom stereocenters. The van der Waals surface area contributed by atoms with Crippen LogP contribution in [0.3, 0.4) is 0 Å². The summed E-state index contributed by atoms with van der Waals surface area (Å²) >= 11 is 0. The van der Waals surface area contributed by atoms with E-state index in [4.69, 9.17) is 5.73 Å². The van der Waals surface area contributed by atoms with Crippen LogP contribution in [0.15, 0.2) is 4.99 Å². The van der Waals surface area contributed by atoms with Gasteiger partial charge in [-0.2, -0.15) is 0 Å². The second-order valence-corrected chi connectivity index (χ2v) is 7.20. The summed E-state index contributed by atoms with van der Waals surface area (Å²) in [5, 5.41) is 0. The highest BCUT2D eigenvalue weighted by Gasteiger charge is 2.23. The molecular formula is C16H32N4. The monoisotopic (exact) mass is 280 g/mol. The molecule has 0 bridgehead atoms. The number of hydrogen-bond acceptors (Lipinski definition) is 2. The van der Waals surface area contributed by atoms with Gasteiger partial charge in [-0.3, -0.25) is 4.99 Å². The van der Waals surface area contributed by atoms with Crippen LogP contribution in [-0.2, 0) is 0 Å². The molecule has 4 heteroatoms. The number of nitrogens with two attached hydrogens (primary N) is 1. The van der Waals surface area contributed by atoms with Crippen LogP contribution in [0.25, 0.3) is 0 Å². The predicted octanol–water partition coefficient (Wildman–Crippen LogP) is 2.01. The molecule has 0 amide bonds. The van der Waals surface area contributed by atoms with E-state index >= 15 is 0 Å². The Morgan fingerprint density at radius 2 is 2.05 bits per heavy atom. The van der Waals surface area contributed by atoms with Crippen LogP contribution in [0, 0.1) is 17.8 Å². The van der Waals surface area contributed by atoms with Gasteiger partial charge in [0.05, 0.1) is 0 Å². The highest BCUT2D eigenvalue weighted by molar-refractivity contribution is 5.78. The SMILES string of the molecule is CC(C)CN1CCC(CN=C(N)N2CCCC(C)C2)C1. The predicted molar refractivity (Wildman–Crippen MR) is 85.8 cm³/mol. The Balaban J connectivity index is 1.75. The van der Waals surface area contributed by atoms with E-state index in [1.165, 1.54) is 38.9 Å². The van der Waals surface area contributed by atoms with Crippen LogP contribution in [0.2, 0.25) is 0 Å². The summed E-state index contributed by atoms with van der Waals surface area (Å²) in [4.78, 5) is 9.52. The van der Waals surface area contributed by atoms with Gasteiger partial charge < -0.3 is 15.5 Å². The fourth-order valence-electron chi connectivity index (χ4n) is 3.46. The standard InChI is InChI=1S/C16H32N4/c1-13(2)10-19-8-6-15(12-19)9-18-16(17)20-7-4-5-14(3)11-20/h13-15H,4-12H2,1-3H3,(H2,17,18). The molecule has 116 valence electrons. The molecule has 0 aromatic rings.